The second-order valence-corrected chi connectivity index (χ2v) is 9.08. The lowest BCUT2D eigenvalue weighted by Gasteiger charge is -2.12. The Morgan fingerprint density at radius 1 is 1.18 bits per heavy atom. The molecule has 1 aromatic heterocycles. The standard InChI is InChI=1S/C27H26N2O3S/c1-18-7-3-4-8-20(18)17-32-23-13-11-19(15-24(23)31-2)12-14-26(30)29-27-22(16-28)21-9-5-6-10-25(21)33-27/h3-4,7-8,11-15H,5-6,9-10,17H2,1-2H3,(H,29,30)/b14-12+. The Morgan fingerprint density at radius 2 is 2.00 bits per heavy atom. The summed E-state index contributed by atoms with van der Waals surface area (Å²) < 4.78 is 11.5. The molecule has 0 atom stereocenters. The van der Waals surface area contributed by atoms with Crippen molar-refractivity contribution in [1.82, 2.24) is 0 Å². The Labute approximate surface area is 198 Å². The molecule has 4 rings (SSSR count). The van der Waals surface area contributed by atoms with Crippen LogP contribution in [0.15, 0.2) is 48.5 Å². The summed E-state index contributed by atoms with van der Waals surface area (Å²) in [6.07, 6.45) is 7.33. The Kier molecular flexibility index (Phi) is 7.11. The number of benzene rings is 2. The van der Waals surface area contributed by atoms with Crippen LogP contribution in [-0.2, 0) is 24.2 Å². The predicted molar refractivity (Wildman–Crippen MR) is 132 cm³/mol. The molecule has 1 amide bonds. The van der Waals surface area contributed by atoms with Gasteiger partial charge in [-0.25, -0.2) is 0 Å². The van der Waals surface area contributed by atoms with Crippen molar-refractivity contribution >= 4 is 28.3 Å². The number of amides is 1. The second-order valence-electron chi connectivity index (χ2n) is 7.97. The first-order valence-corrected chi connectivity index (χ1v) is 11.8. The predicted octanol–water partition coefficient (Wildman–Crippen LogP) is 6.05. The van der Waals surface area contributed by atoms with Gasteiger partial charge in [0.25, 0.3) is 0 Å². The van der Waals surface area contributed by atoms with Crippen LogP contribution in [-0.4, -0.2) is 13.0 Å². The van der Waals surface area contributed by atoms with E-state index >= 15 is 0 Å². The highest BCUT2D eigenvalue weighted by Crippen LogP contribution is 2.37. The summed E-state index contributed by atoms with van der Waals surface area (Å²) in [5.41, 5.74) is 4.84. The van der Waals surface area contributed by atoms with Crippen LogP contribution >= 0.6 is 11.3 Å². The van der Waals surface area contributed by atoms with Crippen LogP contribution in [0.25, 0.3) is 6.08 Å². The van der Waals surface area contributed by atoms with E-state index in [2.05, 4.69) is 24.4 Å². The Bertz CT molecular complexity index is 1240. The fourth-order valence-corrected chi connectivity index (χ4v) is 5.17. The summed E-state index contributed by atoms with van der Waals surface area (Å²) in [6.45, 7) is 2.51. The topological polar surface area (TPSA) is 71.3 Å². The van der Waals surface area contributed by atoms with Gasteiger partial charge in [0.2, 0.25) is 5.91 Å². The van der Waals surface area contributed by atoms with Gasteiger partial charge in [-0.3, -0.25) is 4.79 Å². The lowest BCUT2D eigenvalue weighted by Crippen LogP contribution is -2.08. The molecule has 0 saturated heterocycles. The molecule has 1 heterocycles. The van der Waals surface area contributed by atoms with Crippen molar-refractivity contribution in [3.05, 3.63) is 81.2 Å². The molecule has 5 nitrogen and oxygen atoms in total. The van der Waals surface area contributed by atoms with E-state index in [4.69, 9.17) is 9.47 Å². The van der Waals surface area contributed by atoms with Gasteiger partial charge in [-0.2, -0.15) is 5.26 Å². The van der Waals surface area contributed by atoms with E-state index in [-0.39, 0.29) is 5.91 Å². The molecule has 1 aliphatic rings. The van der Waals surface area contributed by atoms with Crippen molar-refractivity contribution in [2.24, 2.45) is 0 Å². The minimum Gasteiger partial charge on any atom is -0.493 e. The van der Waals surface area contributed by atoms with Gasteiger partial charge < -0.3 is 14.8 Å². The van der Waals surface area contributed by atoms with E-state index < -0.39 is 0 Å². The maximum Gasteiger partial charge on any atom is 0.249 e. The highest BCUT2D eigenvalue weighted by molar-refractivity contribution is 7.16. The van der Waals surface area contributed by atoms with E-state index in [0.29, 0.717) is 28.7 Å². The van der Waals surface area contributed by atoms with E-state index in [1.807, 2.05) is 36.4 Å². The van der Waals surface area contributed by atoms with Crippen molar-refractivity contribution in [3.63, 3.8) is 0 Å². The van der Waals surface area contributed by atoms with Crippen molar-refractivity contribution in [3.8, 4) is 17.6 Å². The van der Waals surface area contributed by atoms with E-state index in [1.54, 1.807) is 13.2 Å². The van der Waals surface area contributed by atoms with Gasteiger partial charge >= 0.3 is 0 Å². The van der Waals surface area contributed by atoms with Gasteiger partial charge in [0.15, 0.2) is 11.5 Å². The van der Waals surface area contributed by atoms with Gasteiger partial charge in [-0.05, 0) is 73.1 Å². The lowest BCUT2D eigenvalue weighted by molar-refractivity contribution is -0.111. The van der Waals surface area contributed by atoms with Crippen LogP contribution in [0.5, 0.6) is 11.5 Å². The number of nitrogens with zero attached hydrogens (tertiary/aromatic N) is 1. The SMILES string of the molecule is COc1cc(/C=C/C(=O)Nc2sc3c(c2C#N)CCCC3)ccc1OCc1ccccc1C. The molecule has 0 spiro atoms. The molecule has 0 fully saturated rings. The summed E-state index contributed by atoms with van der Waals surface area (Å²) in [5.74, 6) is 0.984. The molecule has 1 aliphatic carbocycles. The average Bonchev–Trinajstić information content (AvgIpc) is 3.19. The molecule has 0 radical (unpaired) electrons. The number of hydrogen-bond acceptors (Lipinski definition) is 5. The Hall–Kier alpha value is -3.56. The summed E-state index contributed by atoms with van der Waals surface area (Å²) in [4.78, 5) is 13.7. The zero-order valence-corrected chi connectivity index (χ0v) is 19.6. The lowest BCUT2D eigenvalue weighted by atomic mass is 9.96. The quantitative estimate of drug-likeness (QED) is 0.438. The first-order chi connectivity index (χ1) is 16.1. The maximum atomic E-state index is 12.5. The second kappa shape index (κ2) is 10.4. The maximum absolute atomic E-state index is 12.5. The number of anilines is 1. The molecule has 168 valence electrons. The molecule has 3 aromatic rings. The molecule has 0 unspecified atom stereocenters. The first kappa shape index (κ1) is 22.6. The highest BCUT2D eigenvalue weighted by Gasteiger charge is 2.21. The van der Waals surface area contributed by atoms with Crippen LogP contribution in [0.2, 0.25) is 0 Å². The van der Waals surface area contributed by atoms with Gasteiger partial charge in [-0.1, -0.05) is 30.3 Å². The van der Waals surface area contributed by atoms with Gasteiger partial charge in [0, 0.05) is 11.0 Å². The van der Waals surface area contributed by atoms with Crippen LogP contribution in [0.4, 0.5) is 5.00 Å². The fourth-order valence-electron chi connectivity index (χ4n) is 3.93. The number of methoxy groups -OCH3 is 1. The smallest absolute Gasteiger partial charge is 0.249 e. The number of hydrogen-bond donors (Lipinski definition) is 1. The molecule has 0 bridgehead atoms. The number of aryl methyl sites for hydroxylation is 2. The molecular formula is C27H26N2O3S. The van der Waals surface area contributed by atoms with Crippen LogP contribution in [0.1, 0.15) is 45.5 Å². The third-order valence-electron chi connectivity index (χ3n) is 5.78. The molecule has 0 saturated carbocycles. The van der Waals surface area contributed by atoms with E-state index in [0.717, 1.165) is 42.4 Å². The molecule has 6 heteroatoms. The van der Waals surface area contributed by atoms with Crippen LogP contribution in [0.3, 0.4) is 0 Å². The molecule has 0 aliphatic heterocycles. The molecule has 1 N–H and O–H groups in total. The van der Waals surface area contributed by atoms with Crippen molar-refractivity contribution < 1.29 is 14.3 Å². The monoisotopic (exact) mass is 458 g/mol. The highest BCUT2D eigenvalue weighted by atomic mass is 32.1. The van der Waals surface area contributed by atoms with E-state index in [9.17, 15) is 10.1 Å². The normalized spacial score (nSPS) is 12.8. The number of thiophene rings is 1. The number of ether oxygens (including phenoxy) is 2. The Balaban J connectivity index is 1.43. The van der Waals surface area contributed by atoms with E-state index in [1.165, 1.54) is 27.9 Å². The van der Waals surface area contributed by atoms with Crippen LogP contribution in [0, 0.1) is 18.3 Å². The number of nitriles is 1. The third kappa shape index (κ3) is 5.27. The largest absolute Gasteiger partial charge is 0.493 e. The first-order valence-electron chi connectivity index (χ1n) is 11.0. The fraction of sp³-hybridized carbons (Fsp3) is 0.259. The van der Waals surface area contributed by atoms with Gasteiger partial charge in [0.1, 0.15) is 17.7 Å². The van der Waals surface area contributed by atoms with Crippen LogP contribution < -0.4 is 14.8 Å². The number of carbonyl (C=O) groups is 1. The number of carbonyl (C=O) groups excluding carboxylic acids is 1. The van der Waals surface area contributed by atoms with Gasteiger partial charge in [0.05, 0.1) is 12.7 Å². The minimum atomic E-state index is -0.260. The summed E-state index contributed by atoms with van der Waals surface area (Å²) in [7, 11) is 1.60. The molecule has 2 aromatic carbocycles. The third-order valence-corrected chi connectivity index (χ3v) is 6.99. The zero-order valence-electron chi connectivity index (χ0n) is 18.8. The minimum absolute atomic E-state index is 0.260. The number of fused-ring (bicyclic) bond motifs is 1. The Morgan fingerprint density at radius 3 is 2.79 bits per heavy atom. The summed E-state index contributed by atoms with van der Waals surface area (Å²) >= 11 is 1.52. The number of nitrogens with one attached hydrogen (secondary N) is 1. The molecular weight excluding hydrogens is 432 g/mol. The van der Waals surface area contributed by atoms with Crippen molar-refractivity contribution in [2.75, 3.05) is 12.4 Å². The molecule has 33 heavy (non-hydrogen) atoms. The average molecular weight is 459 g/mol. The summed E-state index contributed by atoms with van der Waals surface area (Å²) in [5, 5.41) is 13.1. The number of rotatable bonds is 7. The van der Waals surface area contributed by atoms with Crippen molar-refractivity contribution in [2.45, 2.75) is 39.2 Å². The summed E-state index contributed by atoms with van der Waals surface area (Å²) in [6, 6.07) is 15.9. The van der Waals surface area contributed by atoms with Gasteiger partial charge in [-0.15, -0.1) is 11.3 Å². The zero-order chi connectivity index (χ0) is 23.2. The van der Waals surface area contributed by atoms with Crippen molar-refractivity contribution in [1.29, 1.82) is 5.26 Å².